The molecular formula is C15H17FN6O. The molecule has 1 spiro atoms. The molecule has 0 aliphatic carbocycles. The summed E-state index contributed by atoms with van der Waals surface area (Å²) in [6.45, 7) is 2.16. The lowest BCUT2D eigenvalue weighted by molar-refractivity contribution is -0.117. The molecule has 0 N–H and O–H groups in total. The van der Waals surface area contributed by atoms with Crippen LogP contribution in [0.15, 0.2) is 24.8 Å². The van der Waals surface area contributed by atoms with Crippen molar-refractivity contribution in [1.82, 2.24) is 19.7 Å². The molecule has 2 aliphatic heterocycles. The number of aryl methyl sites for hydroxylation is 1. The lowest BCUT2D eigenvalue weighted by Gasteiger charge is -2.23. The van der Waals surface area contributed by atoms with Crippen LogP contribution in [0, 0.1) is 11.2 Å². The quantitative estimate of drug-likeness (QED) is 0.826. The molecule has 1 unspecified atom stereocenters. The first-order valence-electron chi connectivity index (χ1n) is 7.56. The highest BCUT2D eigenvalue weighted by atomic mass is 19.1. The van der Waals surface area contributed by atoms with Crippen LogP contribution in [0.5, 0.6) is 0 Å². The molecule has 4 rings (SSSR count). The molecule has 23 heavy (non-hydrogen) atoms. The largest absolute Gasteiger partial charge is 0.340 e. The Kier molecular flexibility index (Phi) is 3.07. The Balaban J connectivity index is 1.52. The van der Waals surface area contributed by atoms with Crippen LogP contribution < -0.4 is 9.80 Å². The van der Waals surface area contributed by atoms with E-state index in [1.807, 2.05) is 23.0 Å². The number of nitrogens with zero attached hydrogens (tertiary/aromatic N) is 6. The number of halogens is 1. The maximum atomic E-state index is 13.0. The number of aromatic nitrogens is 4. The van der Waals surface area contributed by atoms with Crippen molar-refractivity contribution in [2.45, 2.75) is 12.8 Å². The van der Waals surface area contributed by atoms with Gasteiger partial charge in [-0.1, -0.05) is 0 Å². The predicted octanol–water partition coefficient (Wildman–Crippen LogP) is 0.983. The van der Waals surface area contributed by atoms with Crippen LogP contribution >= 0.6 is 0 Å². The fourth-order valence-electron chi connectivity index (χ4n) is 3.53. The maximum Gasteiger partial charge on any atom is 0.227 e. The van der Waals surface area contributed by atoms with Gasteiger partial charge in [0.25, 0.3) is 0 Å². The van der Waals surface area contributed by atoms with E-state index in [2.05, 4.69) is 15.1 Å². The summed E-state index contributed by atoms with van der Waals surface area (Å²) < 4.78 is 14.7. The third-order valence-electron chi connectivity index (χ3n) is 4.65. The Hall–Kier alpha value is -2.51. The van der Waals surface area contributed by atoms with Crippen LogP contribution in [0.3, 0.4) is 0 Å². The zero-order chi connectivity index (χ0) is 16.0. The highest BCUT2D eigenvalue weighted by Gasteiger charge is 2.48. The van der Waals surface area contributed by atoms with Gasteiger partial charge in [-0.25, -0.2) is 14.4 Å². The van der Waals surface area contributed by atoms with E-state index in [0.717, 1.165) is 18.7 Å². The summed E-state index contributed by atoms with van der Waals surface area (Å²) in [5.41, 5.74) is 0.746. The molecular weight excluding hydrogens is 299 g/mol. The monoisotopic (exact) mass is 316 g/mol. The van der Waals surface area contributed by atoms with E-state index < -0.39 is 5.82 Å². The summed E-state index contributed by atoms with van der Waals surface area (Å²) in [4.78, 5) is 24.3. The minimum atomic E-state index is -0.443. The van der Waals surface area contributed by atoms with Gasteiger partial charge < -0.3 is 9.80 Å². The number of rotatable bonds is 2. The second-order valence-electron chi connectivity index (χ2n) is 6.40. The van der Waals surface area contributed by atoms with Crippen molar-refractivity contribution < 1.29 is 9.18 Å². The van der Waals surface area contributed by atoms with Crippen LogP contribution in [0.1, 0.15) is 12.8 Å². The number of anilines is 2. The number of amides is 1. The Labute approximate surface area is 132 Å². The van der Waals surface area contributed by atoms with E-state index in [-0.39, 0.29) is 11.3 Å². The highest BCUT2D eigenvalue weighted by Crippen LogP contribution is 2.42. The van der Waals surface area contributed by atoms with Crippen molar-refractivity contribution in [2.24, 2.45) is 12.5 Å². The molecule has 8 heteroatoms. The zero-order valence-electron chi connectivity index (χ0n) is 12.8. The fourth-order valence-corrected chi connectivity index (χ4v) is 3.53. The Morgan fingerprint density at radius 2 is 2.00 bits per heavy atom. The number of carbonyl (C=O) groups excluding carboxylic acids is 1. The van der Waals surface area contributed by atoms with Gasteiger partial charge in [-0.3, -0.25) is 9.48 Å². The van der Waals surface area contributed by atoms with Crippen LogP contribution in [-0.2, 0) is 11.8 Å². The Morgan fingerprint density at radius 1 is 1.22 bits per heavy atom. The first-order chi connectivity index (χ1) is 11.0. The van der Waals surface area contributed by atoms with E-state index in [1.165, 1.54) is 12.4 Å². The smallest absolute Gasteiger partial charge is 0.227 e. The van der Waals surface area contributed by atoms with E-state index in [0.29, 0.717) is 25.5 Å². The van der Waals surface area contributed by atoms with Gasteiger partial charge in [0.05, 0.1) is 24.3 Å². The van der Waals surface area contributed by atoms with Crippen molar-refractivity contribution >= 4 is 17.5 Å². The standard InChI is InChI=1S/C15H17FN6O/c1-20-8-12(7-19-20)22-10-15(4-13(22)23)2-3-21(9-15)14-17-5-11(16)6-18-14/h5-8H,2-4,9-10H2,1H3. The van der Waals surface area contributed by atoms with E-state index in [9.17, 15) is 9.18 Å². The SMILES string of the molecule is Cn1cc(N2CC3(CCN(c4ncc(F)cn4)C3)CC2=O)cn1. The number of hydrogen-bond acceptors (Lipinski definition) is 5. The van der Waals surface area contributed by atoms with Crippen LogP contribution in [0.25, 0.3) is 0 Å². The van der Waals surface area contributed by atoms with Gasteiger partial charge >= 0.3 is 0 Å². The third kappa shape index (κ3) is 2.43. The number of carbonyl (C=O) groups is 1. The van der Waals surface area contributed by atoms with Crippen LogP contribution in [-0.4, -0.2) is 45.3 Å². The molecule has 2 saturated heterocycles. The van der Waals surface area contributed by atoms with Gasteiger partial charge in [-0.15, -0.1) is 0 Å². The molecule has 1 amide bonds. The van der Waals surface area contributed by atoms with Gasteiger partial charge in [-0.2, -0.15) is 5.10 Å². The van der Waals surface area contributed by atoms with Gasteiger partial charge in [0.15, 0.2) is 5.82 Å². The summed E-state index contributed by atoms with van der Waals surface area (Å²) in [6, 6.07) is 0. The molecule has 2 fully saturated rings. The van der Waals surface area contributed by atoms with E-state index in [4.69, 9.17) is 0 Å². The summed E-state index contributed by atoms with van der Waals surface area (Å²) in [5, 5.41) is 4.14. The normalized spacial score (nSPS) is 24.2. The Bertz CT molecular complexity index is 745. The lowest BCUT2D eigenvalue weighted by Crippen LogP contribution is -2.31. The maximum absolute atomic E-state index is 13.0. The zero-order valence-corrected chi connectivity index (χ0v) is 12.8. The Morgan fingerprint density at radius 3 is 2.70 bits per heavy atom. The minimum Gasteiger partial charge on any atom is -0.340 e. The topological polar surface area (TPSA) is 67.2 Å². The minimum absolute atomic E-state index is 0.0926. The molecule has 0 aromatic carbocycles. The first kappa shape index (κ1) is 14.1. The third-order valence-corrected chi connectivity index (χ3v) is 4.65. The molecule has 2 aromatic heterocycles. The lowest BCUT2D eigenvalue weighted by atomic mass is 9.86. The van der Waals surface area contributed by atoms with Gasteiger partial charge in [0.2, 0.25) is 11.9 Å². The average Bonchev–Trinajstić information content (AvgIpc) is 3.20. The molecule has 2 aromatic rings. The highest BCUT2D eigenvalue weighted by molar-refractivity contribution is 5.96. The molecule has 120 valence electrons. The average molecular weight is 316 g/mol. The first-order valence-corrected chi connectivity index (χ1v) is 7.56. The molecule has 4 heterocycles. The molecule has 1 atom stereocenters. The van der Waals surface area contributed by atoms with Gasteiger partial charge in [0, 0.05) is 44.7 Å². The molecule has 2 aliphatic rings. The second-order valence-corrected chi connectivity index (χ2v) is 6.40. The van der Waals surface area contributed by atoms with Crippen molar-refractivity contribution in [3.63, 3.8) is 0 Å². The van der Waals surface area contributed by atoms with Crippen LogP contribution in [0.2, 0.25) is 0 Å². The predicted molar refractivity (Wildman–Crippen MR) is 81.4 cm³/mol. The molecule has 0 bridgehead atoms. The summed E-state index contributed by atoms with van der Waals surface area (Å²) in [7, 11) is 1.84. The van der Waals surface area contributed by atoms with E-state index in [1.54, 1.807) is 10.9 Å². The molecule has 0 radical (unpaired) electrons. The molecule has 7 nitrogen and oxygen atoms in total. The summed E-state index contributed by atoms with van der Waals surface area (Å²) >= 11 is 0. The van der Waals surface area contributed by atoms with Crippen molar-refractivity contribution in [1.29, 1.82) is 0 Å². The number of hydrogen-bond donors (Lipinski definition) is 0. The molecule has 0 saturated carbocycles. The van der Waals surface area contributed by atoms with Crippen molar-refractivity contribution in [3.05, 3.63) is 30.6 Å². The second kappa shape index (κ2) is 5.00. The van der Waals surface area contributed by atoms with Crippen molar-refractivity contribution in [2.75, 3.05) is 29.4 Å². The van der Waals surface area contributed by atoms with Gasteiger partial charge in [0.1, 0.15) is 0 Å². The fraction of sp³-hybridized carbons (Fsp3) is 0.467. The summed E-state index contributed by atoms with van der Waals surface area (Å²) in [5.74, 6) is 0.205. The van der Waals surface area contributed by atoms with Crippen LogP contribution in [0.4, 0.5) is 16.0 Å². The summed E-state index contributed by atoms with van der Waals surface area (Å²) in [6.07, 6.45) is 7.33. The van der Waals surface area contributed by atoms with Crippen molar-refractivity contribution in [3.8, 4) is 0 Å². The van der Waals surface area contributed by atoms with Gasteiger partial charge in [-0.05, 0) is 6.42 Å². The van der Waals surface area contributed by atoms with E-state index >= 15 is 0 Å².